The summed E-state index contributed by atoms with van der Waals surface area (Å²) < 4.78 is 11.2. The summed E-state index contributed by atoms with van der Waals surface area (Å²) in [6.45, 7) is 6.78. The summed E-state index contributed by atoms with van der Waals surface area (Å²) in [6.07, 6.45) is 15.4. The lowest BCUT2D eigenvalue weighted by Gasteiger charge is -2.29. The predicted molar refractivity (Wildman–Crippen MR) is 146 cm³/mol. The lowest BCUT2D eigenvalue weighted by atomic mass is 9.94. The molecule has 1 amide bonds. The monoisotopic (exact) mass is 495 g/mol. The van der Waals surface area contributed by atoms with Crippen LogP contribution in [-0.2, 0) is 4.79 Å². The Kier molecular flexibility index (Phi) is 9.88. The molecule has 36 heavy (non-hydrogen) atoms. The minimum Gasteiger partial charge on any atom is -0.454 e. The Morgan fingerprint density at radius 3 is 2.67 bits per heavy atom. The van der Waals surface area contributed by atoms with Gasteiger partial charge in [0.25, 0.3) is 0 Å². The van der Waals surface area contributed by atoms with Gasteiger partial charge in [0.05, 0.1) is 6.54 Å². The molecule has 2 unspecified atom stereocenters. The number of hydrogen-bond acceptors (Lipinski definition) is 5. The van der Waals surface area contributed by atoms with Crippen molar-refractivity contribution in [3.05, 3.63) is 47.6 Å². The minimum atomic E-state index is 0.298. The molecule has 0 N–H and O–H groups in total. The molecule has 0 saturated carbocycles. The Hall–Kier alpha value is -2.31. The third-order valence-electron chi connectivity index (χ3n) is 7.80. The van der Waals surface area contributed by atoms with Crippen LogP contribution < -0.4 is 9.47 Å². The molecule has 0 aromatic heterocycles. The Balaban J connectivity index is 1.40. The smallest absolute Gasteiger partial charge is 0.236 e. The summed E-state index contributed by atoms with van der Waals surface area (Å²) in [7, 11) is 4.23. The minimum absolute atomic E-state index is 0.298. The quantitative estimate of drug-likeness (QED) is 0.332. The van der Waals surface area contributed by atoms with Crippen LogP contribution in [0.5, 0.6) is 11.5 Å². The maximum Gasteiger partial charge on any atom is 0.236 e. The van der Waals surface area contributed by atoms with Crippen LogP contribution in [0.3, 0.4) is 0 Å². The molecule has 1 saturated heterocycles. The predicted octanol–water partition coefficient (Wildman–Crippen LogP) is 5.21. The lowest BCUT2D eigenvalue weighted by Crippen LogP contribution is -2.43. The molecule has 198 valence electrons. The molecule has 6 nitrogen and oxygen atoms in total. The number of nitrogens with zero attached hydrogens (tertiary/aromatic N) is 3. The van der Waals surface area contributed by atoms with Crippen molar-refractivity contribution in [2.24, 2.45) is 0 Å². The van der Waals surface area contributed by atoms with Crippen molar-refractivity contribution in [3.8, 4) is 11.5 Å². The SMILES string of the molecule is CCCCN(CCCCN(C)C)C(=O)CN1CC(c2ccc3c(c2)OCO3)CC1CCC1=CC=CC1. The normalized spacial score (nSPS) is 20.9. The van der Waals surface area contributed by atoms with Crippen LogP contribution in [0.1, 0.15) is 69.8 Å². The summed E-state index contributed by atoms with van der Waals surface area (Å²) in [4.78, 5) is 20.4. The molecule has 3 aliphatic rings. The highest BCUT2D eigenvalue weighted by Crippen LogP contribution is 2.39. The number of allylic oxidation sites excluding steroid dienone is 4. The van der Waals surface area contributed by atoms with E-state index >= 15 is 0 Å². The number of carbonyl (C=O) groups is 1. The van der Waals surface area contributed by atoms with E-state index in [1.54, 1.807) is 0 Å². The Morgan fingerprint density at radius 1 is 1.08 bits per heavy atom. The number of unbranched alkanes of at least 4 members (excludes halogenated alkanes) is 2. The van der Waals surface area contributed by atoms with E-state index in [4.69, 9.17) is 9.47 Å². The first-order valence-electron chi connectivity index (χ1n) is 13.9. The molecule has 6 heteroatoms. The fraction of sp³-hybridized carbons (Fsp3) is 0.633. The van der Waals surface area contributed by atoms with Crippen LogP contribution in [0.15, 0.2) is 42.0 Å². The first kappa shape index (κ1) is 26.7. The Labute approximate surface area is 217 Å². The average molecular weight is 496 g/mol. The molecule has 0 radical (unpaired) electrons. The molecule has 2 aliphatic heterocycles. The van der Waals surface area contributed by atoms with E-state index < -0.39 is 0 Å². The number of fused-ring (bicyclic) bond motifs is 1. The molecular formula is C30H45N3O3. The zero-order valence-electron chi connectivity index (χ0n) is 22.6. The van der Waals surface area contributed by atoms with E-state index in [9.17, 15) is 4.79 Å². The zero-order valence-corrected chi connectivity index (χ0v) is 22.6. The van der Waals surface area contributed by atoms with Crippen molar-refractivity contribution < 1.29 is 14.3 Å². The van der Waals surface area contributed by atoms with Crippen molar-refractivity contribution in [2.45, 2.75) is 70.3 Å². The molecular weight excluding hydrogens is 450 g/mol. The standard InChI is InChI=1S/C30H45N3O3/c1-4-5-17-32(18-9-8-16-31(2)3)30(34)22-33-21-26(19-27(33)14-12-24-10-6-7-11-24)25-13-15-28-29(20-25)36-23-35-28/h6-7,10,13,15,20,26-27H,4-5,8-9,11-12,14,16-19,21-23H2,1-3H3. The highest BCUT2D eigenvalue weighted by molar-refractivity contribution is 5.78. The van der Waals surface area contributed by atoms with Gasteiger partial charge in [0, 0.05) is 25.7 Å². The van der Waals surface area contributed by atoms with Crippen LogP contribution in [0.25, 0.3) is 0 Å². The van der Waals surface area contributed by atoms with Gasteiger partial charge in [0.15, 0.2) is 11.5 Å². The van der Waals surface area contributed by atoms with Crippen LogP contribution >= 0.6 is 0 Å². The molecule has 1 aliphatic carbocycles. The van der Waals surface area contributed by atoms with Gasteiger partial charge >= 0.3 is 0 Å². The van der Waals surface area contributed by atoms with Crippen molar-refractivity contribution >= 4 is 5.91 Å². The highest BCUT2D eigenvalue weighted by Gasteiger charge is 2.35. The third-order valence-corrected chi connectivity index (χ3v) is 7.80. The molecule has 4 rings (SSSR count). The summed E-state index contributed by atoms with van der Waals surface area (Å²) in [5.41, 5.74) is 2.81. The number of rotatable bonds is 14. The largest absolute Gasteiger partial charge is 0.454 e. The van der Waals surface area contributed by atoms with Gasteiger partial charge in [-0.2, -0.15) is 0 Å². The second-order valence-electron chi connectivity index (χ2n) is 10.9. The molecule has 1 aromatic rings. The van der Waals surface area contributed by atoms with Gasteiger partial charge in [0.2, 0.25) is 12.7 Å². The van der Waals surface area contributed by atoms with E-state index in [-0.39, 0.29) is 0 Å². The van der Waals surface area contributed by atoms with E-state index in [2.05, 4.69) is 66.1 Å². The molecule has 1 aromatic carbocycles. The number of likely N-dealkylation sites (tertiary alicyclic amines) is 1. The van der Waals surface area contributed by atoms with E-state index in [0.29, 0.717) is 31.2 Å². The molecule has 0 spiro atoms. The third kappa shape index (κ3) is 7.36. The number of ether oxygens (including phenoxy) is 2. The molecule has 2 heterocycles. The fourth-order valence-electron chi connectivity index (χ4n) is 5.63. The molecule has 1 fully saturated rings. The number of carbonyl (C=O) groups excluding carboxylic acids is 1. The number of amides is 1. The number of benzene rings is 1. The second-order valence-corrected chi connectivity index (χ2v) is 10.9. The summed E-state index contributed by atoms with van der Waals surface area (Å²) in [5.74, 6) is 2.40. The summed E-state index contributed by atoms with van der Waals surface area (Å²) in [6, 6.07) is 6.79. The van der Waals surface area contributed by atoms with Crippen molar-refractivity contribution in [2.75, 3.05) is 53.6 Å². The van der Waals surface area contributed by atoms with Gasteiger partial charge in [-0.3, -0.25) is 9.69 Å². The Bertz CT molecular complexity index is 926. The first-order chi connectivity index (χ1) is 17.5. The van der Waals surface area contributed by atoms with Crippen LogP contribution in [0, 0.1) is 0 Å². The lowest BCUT2D eigenvalue weighted by molar-refractivity contribution is -0.132. The van der Waals surface area contributed by atoms with Gasteiger partial charge in [-0.05, 0) is 89.2 Å². The first-order valence-corrected chi connectivity index (χ1v) is 13.9. The van der Waals surface area contributed by atoms with Crippen molar-refractivity contribution in [1.29, 1.82) is 0 Å². The van der Waals surface area contributed by atoms with E-state index in [0.717, 1.165) is 89.0 Å². The van der Waals surface area contributed by atoms with Crippen LogP contribution in [0.2, 0.25) is 0 Å². The average Bonchev–Trinajstić information content (AvgIpc) is 3.62. The van der Waals surface area contributed by atoms with Gasteiger partial charge in [-0.15, -0.1) is 0 Å². The topological polar surface area (TPSA) is 45.2 Å². The summed E-state index contributed by atoms with van der Waals surface area (Å²) >= 11 is 0. The van der Waals surface area contributed by atoms with Gasteiger partial charge in [-0.25, -0.2) is 0 Å². The van der Waals surface area contributed by atoms with Crippen LogP contribution in [0.4, 0.5) is 0 Å². The fourth-order valence-corrected chi connectivity index (χ4v) is 5.63. The van der Waals surface area contributed by atoms with E-state index in [1.165, 1.54) is 11.1 Å². The highest BCUT2D eigenvalue weighted by atomic mass is 16.7. The maximum absolute atomic E-state index is 13.6. The van der Waals surface area contributed by atoms with Gasteiger partial charge in [-0.1, -0.05) is 43.2 Å². The number of hydrogen-bond donors (Lipinski definition) is 0. The van der Waals surface area contributed by atoms with Gasteiger partial charge < -0.3 is 19.3 Å². The van der Waals surface area contributed by atoms with Crippen molar-refractivity contribution in [3.63, 3.8) is 0 Å². The summed E-state index contributed by atoms with van der Waals surface area (Å²) in [5, 5.41) is 0. The maximum atomic E-state index is 13.6. The van der Waals surface area contributed by atoms with Gasteiger partial charge in [0.1, 0.15) is 0 Å². The zero-order chi connectivity index (χ0) is 25.3. The Morgan fingerprint density at radius 2 is 1.89 bits per heavy atom. The van der Waals surface area contributed by atoms with Crippen molar-refractivity contribution in [1.82, 2.24) is 14.7 Å². The van der Waals surface area contributed by atoms with Crippen LogP contribution in [-0.4, -0.2) is 80.3 Å². The second kappa shape index (κ2) is 13.3. The molecule has 2 atom stereocenters. The molecule has 0 bridgehead atoms. The van der Waals surface area contributed by atoms with E-state index in [1.807, 2.05) is 6.07 Å².